The molecule has 5 heteroatoms. The van der Waals surface area contributed by atoms with Gasteiger partial charge >= 0.3 is 0 Å². The van der Waals surface area contributed by atoms with Crippen LogP contribution in [0.5, 0.6) is 0 Å². The first kappa shape index (κ1) is 19.4. The standard InChI is InChI=1S/C20H28FN3O/c1-14-6-4-7-19(15(14)2)23-16(3)20(25)24(13-5-12-22)18-10-8-17(21)9-11-18/h8-11,14-16,19,23H,4-7,13H2,1-3H3. The second-order valence-electron chi connectivity index (χ2n) is 7.14. The van der Waals surface area contributed by atoms with Crippen molar-refractivity contribution in [2.24, 2.45) is 11.8 Å². The van der Waals surface area contributed by atoms with Gasteiger partial charge in [0, 0.05) is 18.3 Å². The Hall–Kier alpha value is -1.93. The average Bonchev–Trinajstić information content (AvgIpc) is 2.60. The number of carbonyl (C=O) groups is 1. The van der Waals surface area contributed by atoms with Gasteiger partial charge in [-0.3, -0.25) is 4.79 Å². The molecule has 1 N–H and O–H groups in total. The van der Waals surface area contributed by atoms with E-state index in [0.717, 1.165) is 6.42 Å². The fourth-order valence-electron chi connectivity index (χ4n) is 3.59. The van der Waals surface area contributed by atoms with Crippen LogP contribution in [-0.4, -0.2) is 24.5 Å². The van der Waals surface area contributed by atoms with Crippen molar-refractivity contribution in [1.82, 2.24) is 5.32 Å². The van der Waals surface area contributed by atoms with Gasteiger partial charge in [0.05, 0.1) is 18.5 Å². The molecule has 136 valence electrons. The maximum absolute atomic E-state index is 13.2. The van der Waals surface area contributed by atoms with E-state index in [1.807, 2.05) is 6.92 Å². The number of anilines is 1. The Bertz CT molecular complexity index is 610. The second kappa shape index (κ2) is 8.96. The summed E-state index contributed by atoms with van der Waals surface area (Å²) in [5.74, 6) is 0.766. The fraction of sp³-hybridized carbons (Fsp3) is 0.600. The van der Waals surface area contributed by atoms with E-state index in [1.54, 1.807) is 17.0 Å². The third-order valence-corrected chi connectivity index (χ3v) is 5.39. The van der Waals surface area contributed by atoms with Gasteiger partial charge in [0.25, 0.3) is 0 Å². The highest BCUT2D eigenvalue weighted by molar-refractivity contribution is 5.97. The topological polar surface area (TPSA) is 56.1 Å². The lowest BCUT2D eigenvalue weighted by Crippen LogP contribution is -2.52. The summed E-state index contributed by atoms with van der Waals surface area (Å²) in [6.45, 7) is 6.69. The van der Waals surface area contributed by atoms with Gasteiger partial charge < -0.3 is 10.2 Å². The van der Waals surface area contributed by atoms with Crippen molar-refractivity contribution in [3.8, 4) is 6.07 Å². The molecule has 4 atom stereocenters. The molecule has 1 aromatic rings. The first-order chi connectivity index (χ1) is 11.9. The van der Waals surface area contributed by atoms with Crippen molar-refractivity contribution >= 4 is 11.6 Å². The molecule has 0 aromatic heterocycles. The minimum atomic E-state index is -0.346. The van der Waals surface area contributed by atoms with Gasteiger partial charge in [-0.2, -0.15) is 5.26 Å². The molecule has 4 unspecified atom stereocenters. The SMILES string of the molecule is CC(NC1CCCC(C)C1C)C(=O)N(CCC#N)c1ccc(F)cc1. The van der Waals surface area contributed by atoms with Crippen molar-refractivity contribution < 1.29 is 9.18 Å². The number of halogens is 1. The normalized spacial score (nSPS) is 24.4. The predicted molar refractivity (Wildman–Crippen MR) is 97.5 cm³/mol. The minimum absolute atomic E-state index is 0.0766. The summed E-state index contributed by atoms with van der Waals surface area (Å²) in [6.07, 6.45) is 3.75. The van der Waals surface area contributed by atoms with Crippen LogP contribution in [0.4, 0.5) is 10.1 Å². The number of amides is 1. The molecule has 1 fully saturated rings. The first-order valence-electron chi connectivity index (χ1n) is 9.14. The van der Waals surface area contributed by atoms with Gasteiger partial charge in [0.1, 0.15) is 5.82 Å². The quantitative estimate of drug-likeness (QED) is 0.851. The van der Waals surface area contributed by atoms with E-state index >= 15 is 0 Å². The molecular formula is C20H28FN3O. The molecule has 1 aliphatic carbocycles. The highest BCUT2D eigenvalue weighted by Crippen LogP contribution is 2.30. The molecule has 25 heavy (non-hydrogen) atoms. The van der Waals surface area contributed by atoms with Crippen LogP contribution in [0.2, 0.25) is 0 Å². The van der Waals surface area contributed by atoms with Gasteiger partial charge in [-0.1, -0.05) is 26.7 Å². The number of carbonyl (C=O) groups excluding carboxylic acids is 1. The van der Waals surface area contributed by atoms with E-state index in [1.165, 1.54) is 25.0 Å². The molecule has 2 rings (SSSR count). The largest absolute Gasteiger partial charge is 0.310 e. The van der Waals surface area contributed by atoms with Crippen LogP contribution in [0.1, 0.15) is 46.5 Å². The third kappa shape index (κ3) is 5.02. The molecule has 4 nitrogen and oxygen atoms in total. The Balaban J connectivity index is 2.09. The summed E-state index contributed by atoms with van der Waals surface area (Å²) in [7, 11) is 0. The molecule has 0 aliphatic heterocycles. The maximum Gasteiger partial charge on any atom is 0.243 e. The lowest BCUT2D eigenvalue weighted by molar-refractivity contribution is -0.120. The number of nitrogens with zero attached hydrogens (tertiary/aromatic N) is 2. The third-order valence-electron chi connectivity index (χ3n) is 5.39. The molecule has 0 spiro atoms. The Morgan fingerprint density at radius 1 is 1.36 bits per heavy atom. The lowest BCUT2D eigenvalue weighted by atomic mass is 9.78. The van der Waals surface area contributed by atoms with E-state index in [2.05, 4.69) is 25.2 Å². The van der Waals surface area contributed by atoms with Crippen LogP contribution in [0.3, 0.4) is 0 Å². The predicted octanol–water partition coefficient (Wildman–Crippen LogP) is 3.88. The van der Waals surface area contributed by atoms with E-state index in [4.69, 9.17) is 5.26 Å². The molecule has 1 aliphatic rings. The van der Waals surface area contributed by atoms with E-state index < -0.39 is 0 Å². The van der Waals surface area contributed by atoms with Crippen molar-refractivity contribution in [1.29, 1.82) is 5.26 Å². The van der Waals surface area contributed by atoms with E-state index in [-0.39, 0.29) is 24.2 Å². The summed E-state index contributed by atoms with van der Waals surface area (Å²) in [6, 6.07) is 7.91. The monoisotopic (exact) mass is 345 g/mol. The molecule has 0 heterocycles. The number of hydrogen-bond donors (Lipinski definition) is 1. The molecule has 0 saturated heterocycles. The minimum Gasteiger partial charge on any atom is -0.310 e. The number of nitrogens with one attached hydrogen (secondary N) is 1. The second-order valence-corrected chi connectivity index (χ2v) is 7.14. The van der Waals surface area contributed by atoms with Gasteiger partial charge in [-0.05, 0) is 49.4 Å². The van der Waals surface area contributed by atoms with Crippen LogP contribution in [0, 0.1) is 29.0 Å². The van der Waals surface area contributed by atoms with Crippen molar-refractivity contribution in [2.75, 3.05) is 11.4 Å². The van der Waals surface area contributed by atoms with Crippen molar-refractivity contribution in [3.05, 3.63) is 30.1 Å². The van der Waals surface area contributed by atoms with Crippen molar-refractivity contribution in [3.63, 3.8) is 0 Å². The van der Waals surface area contributed by atoms with Gasteiger partial charge in [-0.15, -0.1) is 0 Å². The molecule has 1 aromatic carbocycles. The van der Waals surface area contributed by atoms with Gasteiger partial charge in [0.15, 0.2) is 0 Å². The maximum atomic E-state index is 13.2. The van der Waals surface area contributed by atoms with E-state index in [0.29, 0.717) is 30.1 Å². The van der Waals surface area contributed by atoms with Crippen LogP contribution in [0.25, 0.3) is 0 Å². The lowest BCUT2D eigenvalue weighted by Gasteiger charge is -2.37. The van der Waals surface area contributed by atoms with Gasteiger partial charge in [-0.25, -0.2) is 4.39 Å². The summed E-state index contributed by atoms with van der Waals surface area (Å²) in [5, 5.41) is 12.4. The van der Waals surface area contributed by atoms with Crippen LogP contribution in [0.15, 0.2) is 24.3 Å². The zero-order valence-electron chi connectivity index (χ0n) is 15.3. The molecule has 1 amide bonds. The summed E-state index contributed by atoms with van der Waals surface area (Å²) in [4.78, 5) is 14.5. The number of benzene rings is 1. The van der Waals surface area contributed by atoms with Crippen LogP contribution < -0.4 is 10.2 Å². The molecule has 1 saturated carbocycles. The van der Waals surface area contributed by atoms with Gasteiger partial charge in [0.2, 0.25) is 5.91 Å². The molecular weight excluding hydrogens is 317 g/mol. The summed E-state index contributed by atoms with van der Waals surface area (Å²) in [5.41, 5.74) is 0.625. The Kier molecular flexibility index (Phi) is 6.95. The Labute approximate surface area is 150 Å². The van der Waals surface area contributed by atoms with Crippen LogP contribution >= 0.6 is 0 Å². The zero-order valence-corrected chi connectivity index (χ0v) is 15.3. The van der Waals surface area contributed by atoms with Crippen LogP contribution in [-0.2, 0) is 4.79 Å². The van der Waals surface area contributed by atoms with E-state index in [9.17, 15) is 9.18 Å². The Morgan fingerprint density at radius 2 is 2.04 bits per heavy atom. The Morgan fingerprint density at radius 3 is 2.68 bits per heavy atom. The molecule has 0 bridgehead atoms. The number of hydrogen-bond acceptors (Lipinski definition) is 3. The smallest absolute Gasteiger partial charge is 0.243 e. The van der Waals surface area contributed by atoms with Crippen molar-refractivity contribution in [2.45, 2.75) is 58.5 Å². The first-order valence-corrected chi connectivity index (χ1v) is 9.14. The molecule has 0 radical (unpaired) electrons. The number of rotatable bonds is 6. The number of nitriles is 1. The zero-order chi connectivity index (χ0) is 18.4. The summed E-state index contributed by atoms with van der Waals surface area (Å²) < 4.78 is 13.2. The highest BCUT2D eigenvalue weighted by atomic mass is 19.1. The fourth-order valence-corrected chi connectivity index (χ4v) is 3.59. The average molecular weight is 345 g/mol. The highest BCUT2D eigenvalue weighted by Gasteiger charge is 2.30. The summed E-state index contributed by atoms with van der Waals surface area (Å²) >= 11 is 0.